The molecule has 0 aliphatic heterocycles. The summed E-state index contributed by atoms with van der Waals surface area (Å²) < 4.78 is 27.0. The summed E-state index contributed by atoms with van der Waals surface area (Å²) in [5, 5.41) is 19.2. The van der Waals surface area contributed by atoms with Crippen molar-refractivity contribution in [1.29, 1.82) is 5.26 Å². The van der Waals surface area contributed by atoms with Gasteiger partial charge in [0.1, 0.15) is 0 Å². The molecular formula is C16H13N2O4S-. The Kier molecular flexibility index (Phi) is 4.98. The van der Waals surface area contributed by atoms with Crippen LogP contribution < -0.4 is 9.83 Å². The number of rotatable bonds is 6. The Labute approximate surface area is 134 Å². The molecule has 0 saturated heterocycles. The summed E-state index contributed by atoms with van der Waals surface area (Å²) in [7, 11) is -3.77. The second-order valence-corrected chi connectivity index (χ2v) is 6.50. The third-order valence-electron chi connectivity index (χ3n) is 3.10. The summed E-state index contributed by atoms with van der Waals surface area (Å²) >= 11 is 0. The molecule has 2 rings (SSSR count). The second kappa shape index (κ2) is 6.94. The van der Waals surface area contributed by atoms with E-state index in [0.29, 0.717) is 16.8 Å². The van der Waals surface area contributed by atoms with Crippen molar-refractivity contribution in [1.82, 2.24) is 0 Å². The summed E-state index contributed by atoms with van der Waals surface area (Å²) in [6.07, 6.45) is 0.158. The summed E-state index contributed by atoms with van der Waals surface area (Å²) in [5.74, 6) is -1.15. The smallest absolute Gasteiger partial charge is 0.261 e. The van der Waals surface area contributed by atoms with Crippen molar-refractivity contribution in [3.8, 4) is 6.07 Å². The van der Waals surface area contributed by atoms with Gasteiger partial charge < -0.3 is 9.90 Å². The fourth-order valence-electron chi connectivity index (χ4n) is 1.95. The van der Waals surface area contributed by atoms with Crippen molar-refractivity contribution in [3.05, 3.63) is 59.7 Å². The van der Waals surface area contributed by atoms with Crippen LogP contribution >= 0.6 is 0 Å². The van der Waals surface area contributed by atoms with Crippen LogP contribution in [0.2, 0.25) is 0 Å². The number of carbonyl (C=O) groups excluding carboxylic acids is 1. The second-order valence-electron chi connectivity index (χ2n) is 4.81. The summed E-state index contributed by atoms with van der Waals surface area (Å²) in [6.45, 7) is 0. The molecule has 2 aromatic rings. The zero-order valence-corrected chi connectivity index (χ0v) is 12.8. The monoisotopic (exact) mass is 329 g/mol. The molecule has 0 bridgehead atoms. The molecule has 0 amide bonds. The number of benzene rings is 2. The fraction of sp³-hybridized carbons (Fsp3) is 0.125. The number of anilines is 1. The van der Waals surface area contributed by atoms with E-state index < -0.39 is 16.0 Å². The number of nitrogens with one attached hydrogen (secondary N) is 1. The third-order valence-corrected chi connectivity index (χ3v) is 4.49. The predicted molar refractivity (Wildman–Crippen MR) is 81.7 cm³/mol. The molecule has 0 atom stereocenters. The minimum absolute atomic E-state index is 0.0528. The number of carbonyl (C=O) groups is 1. The van der Waals surface area contributed by atoms with Crippen LogP contribution in [0.25, 0.3) is 0 Å². The average Bonchev–Trinajstić information content (AvgIpc) is 2.53. The Balaban J connectivity index is 2.16. The largest absolute Gasteiger partial charge is 0.550 e. The zero-order chi connectivity index (χ0) is 16.9. The Morgan fingerprint density at radius 2 is 1.87 bits per heavy atom. The van der Waals surface area contributed by atoms with Gasteiger partial charge >= 0.3 is 0 Å². The van der Waals surface area contributed by atoms with Crippen LogP contribution in [-0.4, -0.2) is 14.4 Å². The molecule has 0 fully saturated rings. The Bertz CT molecular complexity index is 852. The lowest BCUT2D eigenvalue weighted by molar-refractivity contribution is -0.305. The molecule has 1 N–H and O–H groups in total. The number of sulfonamides is 1. The molecule has 0 heterocycles. The number of carboxylic acid groups (broad SMARTS) is 1. The van der Waals surface area contributed by atoms with E-state index in [-0.39, 0.29) is 17.7 Å². The van der Waals surface area contributed by atoms with Gasteiger partial charge in [0.2, 0.25) is 0 Å². The average molecular weight is 329 g/mol. The lowest BCUT2D eigenvalue weighted by Gasteiger charge is -2.09. The van der Waals surface area contributed by atoms with Gasteiger partial charge in [-0.15, -0.1) is 0 Å². The molecule has 0 aromatic heterocycles. The topological polar surface area (TPSA) is 110 Å². The van der Waals surface area contributed by atoms with Gasteiger partial charge in [-0.1, -0.05) is 18.2 Å². The van der Waals surface area contributed by atoms with E-state index in [4.69, 9.17) is 5.26 Å². The highest BCUT2D eigenvalue weighted by Crippen LogP contribution is 2.18. The van der Waals surface area contributed by atoms with Crippen LogP contribution in [0.3, 0.4) is 0 Å². The summed E-state index contributed by atoms with van der Waals surface area (Å²) in [6, 6.07) is 14.0. The van der Waals surface area contributed by atoms with Gasteiger partial charge in [-0.25, -0.2) is 8.42 Å². The molecule has 0 spiro atoms. The van der Waals surface area contributed by atoms with Gasteiger partial charge in [0, 0.05) is 5.97 Å². The molecule has 23 heavy (non-hydrogen) atoms. The molecule has 0 aliphatic rings. The molecule has 0 radical (unpaired) electrons. The molecule has 0 aliphatic carbocycles. The number of carboxylic acids is 1. The van der Waals surface area contributed by atoms with Gasteiger partial charge in [0.05, 0.1) is 22.2 Å². The maximum atomic E-state index is 12.3. The molecule has 118 valence electrons. The first-order chi connectivity index (χ1) is 10.9. The molecule has 6 nitrogen and oxygen atoms in total. The number of hydrogen-bond donors (Lipinski definition) is 1. The SMILES string of the molecule is N#Cc1cccc(NS(=O)(=O)c2ccc(CCC(=O)[O-])cc2)c1. The van der Waals surface area contributed by atoms with Crippen LogP contribution in [-0.2, 0) is 21.2 Å². The molecule has 0 saturated carbocycles. The minimum atomic E-state index is -3.77. The fourth-order valence-corrected chi connectivity index (χ4v) is 3.00. The van der Waals surface area contributed by atoms with Gasteiger partial charge in [-0.3, -0.25) is 4.72 Å². The Morgan fingerprint density at radius 1 is 1.17 bits per heavy atom. The minimum Gasteiger partial charge on any atom is -0.550 e. The van der Waals surface area contributed by atoms with E-state index in [2.05, 4.69) is 4.72 Å². The maximum Gasteiger partial charge on any atom is 0.261 e. The first-order valence-corrected chi connectivity index (χ1v) is 8.21. The van der Waals surface area contributed by atoms with E-state index in [1.54, 1.807) is 30.3 Å². The first kappa shape index (κ1) is 16.5. The maximum absolute atomic E-state index is 12.3. The standard InChI is InChI=1S/C16H14N2O4S/c17-11-13-2-1-3-14(10-13)18-23(21,22)15-7-4-12(5-8-15)6-9-16(19)20/h1-5,7-8,10,18H,6,9H2,(H,19,20)/p-1. The van der Waals surface area contributed by atoms with Gasteiger partial charge in [0.15, 0.2) is 0 Å². The summed E-state index contributed by atoms with van der Waals surface area (Å²) in [4.78, 5) is 10.5. The number of aryl methyl sites for hydroxylation is 1. The van der Waals surface area contributed by atoms with Crippen LogP contribution in [0.1, 0.15) is 17.5 Å². The normalized spacial score (nSPS) is 10.7. The molecular weight excluding hydrogens is 316 g/mol. The highest BCUT2D eigenvalue weighted by Gasteiger charge is 2.14. The van der Waals surface area contributed by atoms with Crippen molar-refractivity contribution < 1.29 is 18.3 Å². The lowest BCUT2D eigenvalue weighted by atomic mass is 10.1. The number of nitrogens with zero attached hydrogens (tertiary/aromatic N) is 1. The third kappa shape index (κ3) is 4.56. The quantitative estimate of drug-likeness (QED) is 0.851. The Hall–Kier alpha value is -2.85. The van der Waals surface area contributed by atoms with E-state index in [0.717, 1.165) is 0 Å². The van der Waals surface area contributed by atoms with Gasteiger partial charge in [0.25, 0.3) is 10.0 Å². The van der Waals surface area contributed by atoms with Gasteiger partial charge in [-0.2, -0.15) is 5.26 Å². The lowest BCUT2D eigenvalue weighted by Crippen LogP contribution is -2.22. The van der Waals surface area contributed by atoms with E-state index in [9.17, 15) is 18.3 Å². The van der Waals surface area contributed by atoms with Crippen LogP contribution in [0, 0.1) is 11.3 Å². The highest BCUT2D eigenvalue weighted by molar-refractivity contribution is 7.92. The predicted octanol–water partition coefficient (Wildman–Crippen LogP) is 1.04. The van der Waals surface area contributed by atoms with Crippen LogP contribution in [0.5, 0.6) is 0 Å². The molecule has 2 aromatic carbocycles. The van der Waals surface area contributed by atoms with Crippen molar-refractivity contribution in [2.24, 2.45) is 0 Å². The number of nitriles is 1. The van der Waals surface area contributed by atoms with Gasteiger partial charge in [-0.05, 0) is 48.7 Å². The van der Waals surface area contributed by atoms with Crippen molar-refractivity contribution in [2.75, 3.05) is 4.72 Å². The van der Waals surface area contributed by atoms with Crippen LogP contribution in [0.4, 0.5) is 5.69 Å². The van der Waals surface area contributed by atoms with Crippen molar-refractivity contribution in [2.45, 2.75) is 17.7 Å². The van der Waals surface area contributed by atoms with E-state index in [1.165, 1.54) is 18.2 Å². The molecule has 7 heteroatoms. The number of aliphatic carboxylic acids is 1. The van der Waals surface area contributed by atoms with E-state index in [1.807, 2.05) is 6.07 Å². The van der Waals surface area contributed by atoms with E-state index >= 15 is 0 Å². The number of hydrogen-bond acceptors (Lipinski definition) is 5. The van der Waals surface area contributed by atoms with Crippen LogP contribution in [0.15, 0.2) is 53.4 Å². The highest BCUT2D eigenvalue weighted by atomic mass is 32.2. The summed E-state index contributed by atoms with van der Waals surface area (Å²) in [5.41, 5.74) is 1.35. The van der Waals surface area contributed by atoms with Crippen molar-refractivity contribution in [3.63, 3.8) is 0 Å². The van der Waals surface area contributed by atoms with Crippen molar-refractivity contribution >= 4 is 21.7 Å². The molecule has 0 unspecified atom stereocenters. The first-order valence-electron chi connectivity index (χ1n) is 6.72. The Morgan fingerprint density at radius 3 is 2.48 bits per heavy atom. The zero-order valence-electron chi connectivity index (χ0n) is 12.0.